The lowest BCUT2D eigenvalue weighted by atomic mass is 10.2. The predicted molar refractivity (Wildman–Crippen MR) is 80.0 cm³/mol. The summed E-state index contributed by atoms with van der Waals surface area (Å²) in [6.07, 6.45) is 2.91. The molecule has 0 spiro atoms. The standard InChI is InChI=1S/C13H18N4O3S/c1-2-17-21(19,20)7-6-16-13(18)12-8-11(4-3-5-14)9-15-10-12/h8-10,17H,2,5-7,14H2,1H3,(H,16,18). The van der Waals surface area contributed by atoms with Crippen LogP contribution in [0.2, 0.25) is 0 Å². The van der Waals surface area contributed by atoms with Gasteiger partial charge in [-0.15, -0.1) is 0 Å². The molecule has 1 aromatic heterocycles. The lowest BCUT2D eigenvalue weighted by molar-refractivity contribution is 0.0955. The van der Waals surface area contributed by atoms with Crippen molar-refractivity contribution in [2.45, 2.75) is 6.92 Å². The topological polar surface area (TPSA) is 114 Å². The van der Waals surface area contributed by atoms with E-state index in [9.17, 15) is 13.2 Å². The summed E-state index contributed by atoms with van der Waals surface area (Å²) >= 11 is 0. The zero-order valence-corrected chi connectivity index (χ0v) is 12.5. The number of aromatic nitrogens is 1. The summed E-state index contributed by atoms with van der Waals surface area (Å²) in [5, 5.41) is 2.53. The number of nitrogens with one attached hydrogen (secondary N) is 2. The van der Waals surface area contributed by atoms with Crippen LogP contribution in [0.5, 0.6) is 0 Å². The second kappa shape index (κ2) is 8.36. The Bertz CT molecular complexity index is 647. The number of hydrogen-bond donors (Lipinski definition) is 3. The minimum absolute atomic E-state index is 0.0207. The van der Waals surface area contributed by atoms with E-state index < -0.39 is 15.9 Å². The van der Waals surface area contributed by atoms with Gasteiger partial charge in [0.05, 0.1) is 17.9 Å². The van der Waals surface area contributed by atoms with E-state index in [0.717, 1.165) is 0 Å². The highest BCUT2D eigenvalue weighted by Crippen LogP contribution is 2.01. The summed E-state index contributed by atoms with van der Waals surface area (Å²) < 4.78 is 25.2. The van der Waals surface area contributed by atoms with Crippen LogP contribution in [0.3, 0.4) is 0 Å². The van der Waals surface area contributed by atoms with Crippen molar-refractivity contribution >= 4 is 15.9 Å². The maximum Gasteiger partial charge on any atom is 0.252 e. The van der Waals surface area contributed by atoms with E-state index in [1.54, 1.807) is 13.0 Å². The highest BCUT2D eigenvalue weighted by molar-refractivity contribution is 7.89. The number of carbonyl (C=O) groups is 1. The second-order valence-electron chi connectivity index (χ2n) is 4.04. The van der Waals surface area contributed by atoms with Crippen molar-refractivity contribution in [3.8, 4) is 11.8 Å². The first-order valence-electron chi connectivity index (χ1n) is 6.38. The Labute approximate surface area is 124 Å². The fraction of sp³-hybridized carbons (Fsp3) is 0.385. The van der Waals surface area contributed by atoms with Gasteiger partial charge in [0, 0.05) is 31.0 Å². The molecular weight excluding hydrogens is 292 g/mol. The van der Waals surface area contributed by atoms with Gasteiger partial charge in [-0.25, -0.2) is 13.1 Å². The van der Waals surface area contributed by atoms with Gasteiger partial charge in [-0.2, -0.15) is 0 Å². The normalized spacial score (nSPS) is 10.6. The fourth-order valence-corrected chi connectivity index (χ4v) is 2.43. The largest absolute Gasteiger partial charge is 0.351 e. The van der Waals surface area contributed by atoms with Crippen molar-refractivity contribution in [3.63, 3.8) is 0 Å². The predicted octanol–water partition coefficient (Wildman–Crippen LogP) is -0.939. The molecule has 1 heterocycles. The molecule has 0 fully saturated rings. The molecule has 0 saturated heterocycles. The summed E-state index contributed by atoms with van der Waals surface area (Å²) in [6, 6.07) is 1.57. The van der Waals surface area contributed by atoms with Crippen LogP contribution in [0.4, 0.5) is 0 Å². The van der Waals surface area contributed by atoms with Gasteiger partial charge in [-0.3, -0.25) is 9.78 Å². The zero-order valence-electron chi connectivity index (χ0n) is 11.7. The Morgan fingerprint density at radius 1 is 1.43 bits per heavy atom. The van der Waals surface area contributed by atoms with Crippen LogP contribution in [0.25, 0.3) is 0 Å². The van der Waals surface area contributed by atoms with Crippen LogP contribution in [0.1, 0.15) is 22.8 Å². The van der Waals surface area contributed by atoms with E-state index in [0.29, 0.717) is 17.7 Å². The van der Waals surface area contributed by atoms with Crippen LogP contribution >= 0.6 is 0 Å². The van der Waals surface area contributed by atoms with Crippen LogP contribution in [0.15, 0.2) is 18.5 Å². The molecule has 0 aliphatic carbocycles. The molecule has 0 radical (unpaired) electrons. The molecule has 0 aliphatic heterocycles. The van der Waals surface area contributed by atoms with Gasteiger partial charge in [0.2, 0.25) is 10.0 Å². The summed E-state index contributed by atoms with van der Waals surface area (Å²) in [5.41, 5.74) is 6.17. The molecule has 1 rings (SSSR count). The first-order valence-corrected chi connectivity index (χ1v) is 8.03. The summed E-state index contributed by atoms with van der Waals surface area (Å²) in [5.74, 6) is 4.87. The first kappa shape index (κ1) is 17.1. The first-order chi connectivity index (χ1) is 9.98. The van der Waals surface area contributed by atoms with Gasteiger partial charge >= 0.3 is 0 Å². The maximum atomic E-state index is 11.9. The number of nitrogens with zero attached hydrogens (tertiary/aromatic N) is 1. The average molecular weight is 310 g/mol. The van der Waals surface area contributed by atoms with Crippen molar-refractivity contribution in [2.24, 2.45) is 5.73 Å². The van der Waals surface area contributed by atoms with E-state index in [1.807, 2.05) is 0 Å². The van der Waals surface area contributed by atoms with Crippen molar-refractivity contribution in [2.75, 3.05) is 25.4 Å². The van der Waals surface area contributed by atoms with Gasteiger partial charge in [0.25, 0.3) is 5.91 Å². The number of hydrogen-bond acceptors (Lipinski definition) is 5. The van der Waals surface area contributed by atoms with E-state index in [4.69, 9.17) is 5.73 Å². The maximum absolute atomic E-state index is 11.9. The molecule has 0 saturated carbocycles. The number of carbonyl (C=O) groups excluding carboxylic acids is 1. The van der Waals surface area contributed by atoms with E-state index >= 15 is 0 Å². The highest BCUT2D eigenvalue weighted by atomic mass is 32.2. The third-order valence-electron chi connectivity index (χ3n) is 2.36. The minimum Gasteiger partial charge on any atom is -0.351 e. The molecule has 0 atom stereocenters. The van der Waals surface area contributed by atoms with Gasteiger partial charge in [-0.1, -0.05) is 18.8 Å². The zero-order chi connectivity index (χ0) is 15.7. The highest BCUT2D eigenvalue weighted by Gasteiger charge is 2.10. The van der Waals surface area contributed by atoms with Crippen molar-refractivity contribution in [1.29, 1.82) is 0 Å². The summed E-state index contributed by atoms with van der Waals surface area (Å²) in [4.78, 5) is 15.8. The average Bonchev–Trinajstić information content (AvgIpc) is 2.45. The van der Waals surface area contributed by atoms with Gasteiger partial charge < -0.3 is 11.1 Å². The molecule has 114 valence electrons. The summed E-state index contributed by atoms with van der Waals surface area (Å²) in [7, 11) is -3.35. The Morgan fingerprint density at radius 3 is 2.86 bits per heavy atom. The molecule has 0 bridgehead atoms. The number of pyridine rings is 1. The van der Waals surface area contributed by atoms with E-state index in [1.165, 1.54) is 12.4 Å². The lowest BCUT2D eigenvalue weighted by Crippen LogP contribution is -2.34. The number of sulfonamides is 1. The van der Waals surface area contributed by atoms with Crippen molar-refractivity contribution < 1.29 is 13.2 Å². The lowest BCUT2D eigenvalue weighted by Gasteiger charge is -2.06. The van der Waals surface area contributed by atoms with Crippen LogP contribution in [0, 0.1) is 11.8 Å². The van der Waals surface area contributed by atoms with Crippen LogP contribution in [-0.4, -0.2) is 44.7 Å². The smallest absolute Gasteiger partial charge is 0.252 e. The van der Waals surface area contributed by atoms with E-state index in [2.05, 4.69) is 26.9 Å². The van der Waals surface area contributed by atoms with E-state index in [-0.39, 0.29) is 18.8 Å². The molecule has 1 aromatic rings. The molecular formula is C13H18N4O3S. The quantitative estimate of drug-likeness (QED) is 0.587. The van der Waals surface area contributed by atoms with Gasteiger partial charge in [-0.05, 0) is 6.07 Å². The molecule has 21 heavy (non-hydrogen) atoms. The monoisotopic (exact) mass is 310 g/mol. The Hall–Kier alpha value is -1.95. The summed E-state index contributed by atoms with van der Waals surface area (Å²) in [6.45, 7) is 2.25. The fourth-order valence-electron chi connectivity index (χ4n) is 1.48. The SMILES string of the molecule is CCNS(=O)(=O)CCNC(=O)c1cncc(C#CCN)c1. The molecule has 7 nitrogen and oxygen atoms in total. The van der Waals surface area contributed by atoms with Crippen LogP contribution in [-0.2, 0) is 10.0 Å². The molecule has 8 heteroatoms. The minimum atomic E-state index is -3.35. The Morgan fingerprint density at radius 2 is 2.19 bits per heavy atom. The molecule has 0 aliphatic rings. The molecule has 0 unspecified atom stereocenters. The second-order valence-corrected chi connectivity index (χ2v) is 5.97. The third-order valence-corrected chi connectivity index (χ3v) is 3.83. The van der Waals surface area contributed by atoms with Crippen molar-refractivity contribution in [3.05, 3.63) is 29.6 Å². The number of rotatable bonds is 6. The van der Waals surface area contributed by atoms with Gasteiger partial charge in [0.15, 0.2) is 0 Å². The van der Waals surface area contributed by atoms with Crippen molar-refractivity contribution in [1.82, 2.24) is 15.0 Å². The Kier molecular flexibility index (Phi) is 6.81. The number of nitrogens with two attached hydrogens (primary N) is 1. The Balaban J connectivity index is 2.60. The molecule has 4 N–H and O–H groups in total. The molecule has 0 aromatic carbocycles. The van der Waals surface area contributed by atoms with Gasteiger partial charge in [0.1, 0.15) is 0 Å². The molecule has 1 amide bonds. The third kappa shape index (κ3) is 6.35. The number of amides is 1. The van der Waals surface area contributed by atoms with Crippen LogP contribution < -0.4 is 15.8 Å².